The number of hydrogen-bond donors (Lipinski definition) is 0. The maximum atomic E-state index is 7.02. The van der Waals surface area contributed by atoms with Gasteiger partial charge in [-0.15, -0.1) is 0 Å². The highest BCUT2D eigenvalue weighted by Crippen LogP contribution is 2.52. The molecule has 0 saturated carbocycles. The van der Waals surface area contributed by atoms with E-state index in [1.807, 2.05) is 6.20 Å². The molecule has 65 heavy (non-hydrogen) atoms. The summed E-state index contributed by atoms with van der Waals surface area (Å²) in [5.74, 6) is 2.47. The Morgan fingerprint density at radius 2 is 1.02 bits per heavy atom. The fourth-order valence-electron chi connectivity index (χ4n) is 10.5. The van der Waals surface area contributed by atoms with E-state index in [9.17, 15) is 0 Å². The molecule has 0 radical (unpaired) electrons. The van der Waals surface area contributed by atoms with Crippen LogP contribution < -0.4 is 14.5 Å². The van der Waals surface area contributed by atoms with Crippen molar-refractivity contribution in [3.05, 3.63) is 169 Å². The number of aryl methyl sites for hydroxylation is 2. The lowest BCUT2D eigenvalue weighted by molar-refractivity contribution is 0.479. The molecule has 11 aromatic rings. The predicted molar refractivity (Wildman–Crippen MR) is 272 cm³/mol. The van der Waals surface area contributed by atoms with E-state index in [1.165, 1.54) is 71.5 Å². The lowest BCUT2D eigenvalue weighted by Crippen LogP contribution is -2.25. The molecule has 4 aromatic heterocycles. The minimum Gasteiger partial charge on any atom is -0.457 e. The van der Waals surface area contributed by atoms with Crippen LogP contribution in [0.2, 0.25) is 0 Å². The molecule has 12 rings (SSSR count). The second kappa shape index (κ2) is 14.0. The molecule has 0 fully saturated rings. The minimum absolute atomic E-state index is 0.0149. The number of pyridine rings is 1. The Labute approximate surface area is 379 Å². The first kappa shape index (κ1) is 39.1. The summed E-state index contributed by atoms with van der Waals surface area (Å²) in [6.45, 7) is 14.2. The van der Waals surface area contributed by atoms with Gasteiger partial charge in [-0.25, -0.2) is 4.98 Å². The average molecular weight is 849 g/mol. The zero-order valence-electron chi connectivity index (χ0n) is 38.3. The molecular formula is C58H52N6O. The molecular weight excluding hydrogens is 797 g/mol. The first-order valence-electron chi connectivity index (χ1n) is 22.7. The van der Waals surface area contributed by atoms with Crippen LogP contribution in [0, 0.1) is 0 Å². The Balaban J connectivity index is 1.01. The fraction of sp³-hybridized carbons (Fsp3) is 0.190. The number of benzene rings is 7. The number of anilines is 4. The molecule has 0 unspecified atom stereocenters. The summed E-state index contributed by atoms with van der Waals surface area (Å²) in [5.41, 5.74) is 14.0. The molecule has 0 amide bonds. The third-order valence-electron chi connectivity index (χ3n) is 13.8. The van der Waals surface area contributed by atoms with E-state index >= 15 is 0 Å². The minimum atomic E-state index is -0.142. The Kier molecular flexibility index (Phi) is 8.42. The molecule has 320 valence electrons. The largest absolute Gasteiger partial charge is 0.457 e. The number of aromatic nitrogens is 4. The zero-order valence-corrected chi connectivity index (χ0v) is 38.3. The third-order valence-corrected chi connectivity index (χ3v) is 13.8. The topological polar surface area (TPSA) is 43.4 Å². The van der Waals surface area contributed by atoms with Gasteiger partial charge in [0, 0.05) is 81.5 Å². The summed E-state index contributed by atoms with van der Waals surface area (Å²) >= 11 is 0. The van der Waals surface area contributed by atoms with Crippen LogP contribution in [0.3, 0.4) is 0 Å². The maximum Gasteiger partial charge on any atom is 0.137 e. The van der Waals surface area contributed by atoms with Crippen molar-refractivity contribution in [2.75, 3.05) is 16.5 Å². The smallest absolute Gasteiger partial charge is 0.137 e. The van der Waals surface area contributed by atoms with Gasteiger partial charge in [-0.3, -0.25) is 4.57 Å². The van der Waals surface area contributed by atoms with E-state index in [-0.39, 0.29) is 10.8 Å². The lowest BCUT2D eigenvalue weighted by atomic mass is 9.86. The van der Waals surface area contributed by atoms with Crippen LogP contribution in [0.25, 0.3) is 71.2 Å². The van der Waals surface area contributed by atoms with Gasteiger partial charge >= 0.3 is 0 Å². The number of fused-ring (bicyclic) bond motifs is 10. The van der Waals surface area contributed by atoms with Crippen LogP contribution in [0.5, 0.6) is 11.5 Å². The first-order chi connectivity index (χ1) is 31.3. The molecule has 1 aliphatic rings. The molecule has 0 aliphatic carbocycles. The van der Waals surface area contributed by atoms with Gasteiger partial charge in [0.15, 0.2) is 0 Å². The van der Waals surface area contributed by atoms with Crippen molar-refractivity contribution < 1.29 is 4.74 Å². The molecule has 1 aliphatic heterocycles. The molecule has 7 heteroatoms. The van der Waals surface area contributed by atoms with Gasteiger partial charge in [0.05, 0.1) is 39.1 Å². The highest BCUT2D eigenvalue weighted by Gasteiger charge is 2.34. The number of para-hydroxylation sites is 5. The second-order valence-electron chi connectivity index (χ2n) is 19.9. The SMILES string of the molecule is Cn1c2ccccc2c2cc3c4ccccc4n(C)c3c(N3CN(c4cc(Oc5ccc6c7ccccc7n(-c7cc(C(C)(C)C)ccn7)c6c5)cc(C(C)(C)C)c4)c4ccccc43)c21. The summed E-state index contributed by atoms with van der Waals surface area (Å²) in [4.78, 5) is 9.92. The van der Waals surface area contributed by atoms with E-state index in [1.54, 1.807) is 0 Å². The van der Waals surface area contributed by atoms with Gasteiger partial charge in [0.25, 0.3) is 0 Å². The van der Waals surface area contributed by atoms with Gasteiger partial charge in [-0.05, 0) is 94.8 Å². The van der Waals surface area contributed by atoms with E-state index in [4.69, 9.17) is 9.72 Å². The molecule has 5 heterocycles. The molecule has 0 N–H and O–H groups in total. The van der Waals surface area contributed by atoms with Crippen LogP contribution >= 0.6 is 0 Å². The number of nitrogens with zero attached hydrogens (tertiary/aromatic N) is 6. The Morgan fingerprint density at radius 1 is 0.462 bits per heavy atom. The molecule has 0 saturated heterocycles. The molecule has 0 atom stereocenters. The zero-order chi connectivity index (χ0) is 44.5. The summed E-state index contributed by atoms with van der Waals surface area (Å²) in [6, 6.07) is 55.1. The molecule has 7 nitrogen and oxygen atoms in total. The monoisotopic (exact) mass is 848 g/mol. The fourth-order valence-corrected chi connectivity index (χ4v) is 10.5. The second-order valence-corrected chi connectivity index (χ2v) is 19.9. The van der Waals surface area contributed by atoms with Crippen LogP contribution in [-0.2, 0) is 24.9 Å². The first-order valence-corrected chi connectivity index (χ1v) is 22.7. The standard InChI is InChI=1S/C58H52N6O/c1-57(2,3)36-27-28-59-53(31-36)64-49-22-14-11-17-41(49)44-26-25-39(33-52(44)64)65-40-30-37(58(4,5)6)29-38(32-40)62-35-63(51-24-16-15-23-50(51)62)56-54-45(42-18-9-12-20-47(42)60(54)7)34-46-43-19-10-13-21-48(43)61(8)55(46)56/h9-34H,35H2,1-8H3. The molecule has 7 aromatic carbocycles. The van der Waals surface area contributed by atoms with Crippen LogP contribution in [0.1, 0.15) is 52.7 Å². The Bertz CT molecular complexity index is 3640. The van der Waals surface area contributed by atoms with Crippen LogP contribution in [0.4, 0.5) is 22.7 Å². The van der Waals surface area contributed by atoms with Crippen molar-refractivity contribution in [3.63, 3.8) is 0 Å². The van der Waals surface area contributed by atoms with Gasteiger partial charge in [-0.2, -0.15) is 0 Å². The van der Waals surface area contributed by atoms with Crippen molar-refractivity contribution in [2.24, 2.45) is 14.1 Å². The van der Waals surface area contributed by atoms with E-state index in [2.05, 4.69) is 231 Å². The van der Waals surface area contributed by atoms with Crippen molar-refractivity contribution in [1.82, 2.24) is 18.7 Å². The van der Waals surface area contributed by atoms with E-state index in [0.29, 0.717) is 6.67 Å². The average Bonchev–Trinajstić information content (AvgIpc) is 4.02. The highest BCUT2D eigenvalue weighted by atomic mass is 16.5. The molecule has 0 bridgehead atoms. The number of hydrogen-bond acceptors (Lipinski definition) is 4. The quantitative estimate of drug-likeness (QED) is 0.173. The van der Waals surface area contributed by atoms with Gasteiger partial charge in [0.2, 0.25) is 0 Å². The Morgan fingerprint density at radius 3 is 1.65 bits per heavy atom. The van der Waals surface area contributed by atoms with Crippen molar-refractivity contribution in [1.29, 1.82) is 0 Å². The Hall–Kier alpha value is -7.51. The predicted octanol–water partition coefficient (Wildman–Crippen LogP) is 15.1. The summed E-state index contributed by atoms with van der Waals surface area (Å²) in [5, 5.41) is 7.40. The van der Waals surface area contributed by atoms with Crippen molar-refractivity contribution in [2.45, 2.75) is 52.4 Å². The summed E-state index contributed by atoms with van der Waals surface area (Å²) < 4.78 is 14.1. The van der Waals surface area contributed by atoms with Crippen LogP contribution in [0.15, 0.2) is 158 Å². The number of ether oxygens (including phenoxy) is 1. The van der Waals surface area contributed by atoms with Gasteiger partial charge in [-0.1, -0.05) is 108 Å². The van der Waals surface area contributed by atoms with E-state index in [0.717, 1.165) is 45.1 Å². The molecule has 0 spiro atoms. The highest BCUT2D eigenvalue weighted by molar-refractivity contribution is 6.25. The lowest BCUT2D eigenvalue weighted by Gasteiger charge is -2.27. The summed E-state index contributed by atoms with van der Waals surface area (Å²) in [6.07, 6.45) is 1.93. The third kappa shape index (κ3) is 5.98. The van der Waals surface area contributed by atoms with Crippen molar-refractivity contribution in [3.8, 4) is 17.3 Å². The normalized spacial score (nSPS) is 13.4. The number of rotatable bonds is 5. The maximum absolute atomic E-state index is 7.02. The summed E-state index contributed by atoms with van der Waals surface area (Å²) in [7, 11) is 4.43. The van der Waals surface area contributed by atoms with Gasteiger partial charge in [0.1, 0.15) is 24.0 Å². The van der Waals surface area contributed by atoms with Gasteiger partial charge < -0.3 is 23.7 Å². The van der Waals surface area contributed by atoms with Crippen molar-refractivity contribution >= 4 is 88.2 Å². The van der Waals surface area contributed by atoms with Crippen LogP contribution in [-0.4, -0.2) is 25.4 Å². The van der Waals surface area contributed by atoms with E-state index < -0.39 is 0 Å².